The van der Waals surface area contributed by atoms with Gasteiger partial charge in [-0.15, -0.1) is 0 Å². The SMILES string of the molecule is CC(=O)NC(O)CCc1ccccc1. The lowest BCUT2D eigenvalue weighted by Gasteiger charge is -2.10. The van der Waals surface area contributed by atoms with E-state index in [1.807, 2.05) is 30.3 Å². The minimum absolute atomic E-state index is 0.203. The van der Waals surface area contributed by atoms with Gasteiger partial charge < -0.3 is 10.4 Å². The third-order valence-electron chi connectivity index (χ3n) is 1.92. The molecule has 0 aliphatic heterocycles. The highest BCUT2D eigenvalue weighted by molar-refractivity contribution is 5.72. The fourth-order valence-electron chi connectivity index (χ4n) is 1.25. The van der Waals surface area contributed by atoms with Crippen LogP contribution in [0, 0.1) is 0 Å². The summed E-state index contributed by atoms with van der Waals surface area (Å²) in [6, 6.07) is 9.87. The van der Waals surface area contributed by atoms with E-state index in [0.717, 1.165) is 12.0 Å². The van der Waals surface area contributed by atoms with Gasteiger partial charge in [-0.1, -0.05) is 30.3 Å². The molecule has 1 rings (SSSR count). The first kappa shape index (κ1) is 10.7. The zero-order chi connectivity index (χ0) is 10.4. The van der Waals surface area contributed by atoms with Crippen molar-refractivity contribution in [3.8, 4) is 0 Å². The number of nitrogens with one attached hydrogen (secondary N) is 1. The second kappa shape index (κ2) is 5.40. The molecule has 1 atom stereocenters. The van der Waals surface area contributed by atoms with Crippen LogP contribution in [0.15, 0.2) is 30.3 Å². The molecule has 0 aromatic heterocycles. The Hall–Kier alpha value is -1.35. The fourth-order valence-corrected chi connectivity index (χ4v) is 1.25. The maximum atomic E-state index is 10.6. The van der Waals surface area contributed by atoms with Gasteiger partial charge in [0.1, 0.15) is 6.23 Å². The first-order chi connectivity index (χ1) is 6.68. The molecule has 14 heavy (non-hydrogen) atoms. The summed E-state index contributed by atoms with van der Waals surface area (Å²) < 4.78 is 0. The van der Waals surface area contributed by atoms with Crippen LogP contribution >= 0.6 is 0 Å². The molecule has 0 fully saturated rings. The molecule has 3 nitrogen and oxygen atoms in total. The molecule has 0 aliphatic carbocycles. The lowest BCUT2D eigenvalue weighted by atomic mass is 10.1. The van der Waals surface area contributed by atoms with Crippen molar-refractivity contribution in [3.05, 3.63) is 35.9 Å². The zero-order valence-corrected chi connectivity index (χ0v) is 8.23. The summed E-state index contributed by atoms with van der Waals surface area (Å²) in [5.41, 5.74) is 1.16. The molecular formula is C11H15NO2. The van der Waals surface area contributed by atoms with Gasteiger partial charge in [0.2, 0.25) is 5.91 Å². The van der Waals surface area contributed by atoms with Gasteiger partial charge in [-0.3, -0.25) is 4.79 Å². The van der Waals surface area contributed by atoms with E-state index >= 15 is 0 Å². The van der Waals surface area contributed by atoms with Crippen molar-refractivity contribution in [1.82, 2.24) is 5.32 Å². The average molecular weight is 193 g/mol. The Bertz CT molecular complexity index is 285. The number of aliphatic hydroxyl groups excluding tert-OH is 1. The van der Waals surface area contributed by atoms with Crippen LogP contribution in [0.5, 0.6) is 0 Å². The van der Waals surface area contributed by atoms with Crippen LogP contribution in [-0.2, 0) is 11.2 Å². The van der Waals surface area contributed by atoms with Crippen LogP contribution in [0.25, 0.3) is 0 Å². The standard InChI is InChI=1S/C11H15NO2/c1-9(13)12-11(14)8-7-10-5-3-2-4-6-10/h2-6,11,14H,7-8H2,1H3,(H,12,13). The third-order valence-corrected chi connectivity index (χ3v) is 1.92. The summed E-state index contributed by atoms with van der Waals surface area (Å²) in [5.74, 6) is -0.203. The Balaban J connectivity index is 2.30. The molecule has 76 valence electrons. The van der Waals surface area contributed by atoms with Crippen LogP contribution < -0.4 is 5.32 Å². The summed E-state index contributed by atoms with van der Waals surface area (Å²) in [6.07, 6.45) is 0.569. The van der Waals surface area contributed by atoms with E-state index in [9.17, 15) is 9.90 Å². The summed E-state index contributed by atoms with van der Waals surface area (Å²) in [5, 5.41) is 11.8. The Morgan fingerprint density at radius 3 is 2.64 bits per heavy atom. The van der Waals surface area contributed by atoms with Gasteiger partial charge in [0.15, 0.2) is 0 Å². The molecule has 0 heterocycles. The molecule has 0 radical (unpaired) electrons. The number of carbonyl (C=O) groups excluding carboxylic acids is 1. The van der Waals surface area contributed by atoms with Gasteiger partial charge in [-0.05, 0) is 18.4 Å². The highest BCUT2D eigenvalue weighted by atomic mass is 16.3. The van der Waals surface area contributed by atoms with Crippen molar-refractivity contribution in [2.24, 2.45) is 0 Å². The van der Waals surface area contributed by atoms with Crippen LogP contribution in [0.4, 0.5) is 0 Å². The van der Waals surface area contributed by atoms with Crippen molar-refractivity contribution < 1.29 is 9.90 Å². The molecule has 0 aliphatic rings. The number of rotatable bonds is 4. The number of amides is 1. The van der Waals surface area contributed by atoms with Gasteiger partial charge in [-0.2, -0.15) is 0 Å². The molecule has 1 unspecified atom stereocenters. The minimum atomic E-state index is -0.743. The maximum absolute atomic E-state index is 10.6. The molecule has 0 spiro atoms. The van der Waals surface area contributed by atoms with E-state index in [0.29, 0.717) is 6.42 Å². The third kappa shape index (κ3) is 4.05. The van der Waals surface area contributed by atoms with Crippen molar-refractivity contribution in [2.45, 2.75) is 26.0 Å². The van der Waals surface area contributed by atoms with E-state index in [1.165, 1.54) is 6.92 Å². The largest absolute Gasteiger partial charge is 0.374 e. The number of hydrogen-bond donors (Lipinski definition) is 2. The first-order valence-corrected chi connectivity index (χ1v) is 4.67. The zero-order valence-electron chi connectivity index (χ0n) is 8.23. The quantitative estimate of drug-likeness (QED) is 0.703. The summed E-state index contributed by atoms with van der Waals surface area (Å²) in [7, 11) is 0. The number of hydrogen-bond acceptors (Lipinski definition) is 2. The minimum Gasteiger partial charge on any atom is -0.374 e. The average Bonchev–Trinajstić information content (AvgIpc) is 2.15. The summed E-state index contributed by atoms with van der Waals surface area (Å²) >= 11 is 0. The van der Waals surface area contributed by atoms with Crippen LogP contribution in [0.3, 0.4) is 0 Å². The smallest absolute Gasteiger partial charge is 0.218 e. The van der Waals surface area contributed by atoms with Crippen LogP contribution in [0.1, 0.15) is 18.9 Å². The van der Waals surface area contributed by atoms with Gasteiger partial charge >= 0.3 is 0 Å². The topological polar surface area (TPSA) is 49.3 Å². The molecule has 1 aromatic rings. The van der Waals surface area contributed by atoms with E-state index in [2.05, 4.69) is 5.32 Å². The van der Waals surface area contributed by atoms with Crippen LogP contribution in [0.2, 0.25) is 0 Å². The predicted molar refractivity (Wildman–Crippen MR) is 54.6 cm³/mol. The van der Waals surface area contributed by atoms with Crippen molar-refractivity contribution in [2.75, 3.05) is 0 Å². The lowest BCUT2D eigenvalue weighted by Crippen LogP contribution is -2.32. The Kier molecular flexibility index (Phi) is 4.13. The molecule has 1 amide bonds. The molecule has 0 saturated heterocycles. The molecule has 2 N–H and O–H groups in total. The highest BCUT2D eigenvalue weighted by Crippen LogP contribution is 2.03. The van der Waals surface area contributed by atoms with Crippen LogP contribution in [-0.4, -0.2) is 17.2 Å². The van der Waals surface area contributed by atoms with E-state index in [-0.39, 0.29) is 5.91 Å². The molecule has 0 bridgehead atoms. The molecule has 0 saturated carbocycles. The van der Waals surface area contributed by atoms with Gasteiger partial charge in [0, 0.05) is 6.92 Å². The lowest BCUT2D eigenvalue weighted by molar-refractivity contribution is -0.121. The summed E-state index contributed by atoms with van der Waals surface area (Å²) in [6.45, 7) is 1.39. The normalized spacial score (nSPS) is 12.1. The number of carbonyl (C=O) groups is 1. The van der Waals surface area contributed by atoms with Crippen molar-refractivity contribution in [1.29, 1.82) is 0 Å². The predicted octanol–water partition coefficient (Wildman–Crippen LogP) is 1.07. The molecular weight excluding hydrogens is 178 g/mol. The maximum Gasteiger partial charge on any atom is 0.218 e. The number of aliphatic hydroxyl groups is 1. The fraction of sp³-hybridized carbons (Fsp3) is 0.364. The monoisotopic (exact) mass is 193 g/mol. The van der Waals surface area contributed by atoms with E-state index < -0.39 is 6.23 Å². The second-order valence-electron chi connectivity index (χ2n) is 3.24. The first-order valence-electron chi connectivity index (χ1n) is 4.67. The molecule has 3 heteroatoms. The van der Waals surface area contributed by atoms with Gasteiger partial charge in [0.25, 0.3) is 0 Å². The van der Waals surface area contributed by atoms with Crippen molar-refractivity contribution >= 4 is 5.91 Å². The Labute approximate surface area is 83.8 Å². The number of benzene rings is 1. The molecule has 1 aromatic carbocycles. The highest BCUT2D eigenvalue weighted by Gasteiger charge is 2.04. The van der Waals surface area contributed by atoms with Gasteiger partial charge in [-0.25, -0.2) is 0 Å². The Morgan fingerprint density at radius 1 is 1.43 bits per heavy atom. The summed E-state index contributed by atoms with van der Waals surface area (Å²) in [4.78, 5) is 10.6. The van der Waals surface area contributed by atoms with E-state index in [4.69, 9.17) is 0 Å². The second-order valence-corrected chi connectivity index (χ2v) is 3.24. The number of aryl methyl sites for hydroxylation is 1. The Morgan fingerprint density at radius 2 is 2.07 bits per heavy atom. The van der Waals surface area contributed by atoms with Crippen molar-refractivity contribution in [3.63, 3.8) is 0 Å². The van der Waals surface area contributed by atoms with E-state index in [1.54, 1.807) is 0 Å². The van der Waals surface area contributed by atoms with Gasteiger partial charge in [0.05, 0.1) is 0 Å².